The molecule has 6 rings (SSSR count). The molecule has 7 nitrogen and oxygen atoms in total. The molecule has 1 atom stereocenters. The van der Waals surface area contributed by atoms with Crippen LogP contribution >= 0.6 is 23.1 Å². The number of hydrogen-bond donors (Lipinski definition) is 1. The Morgan fingerprint density at radius 3 is 2.32 bits per heavy atom. The molecule has 1 saturated heterocycles. The summed E-state index contributed by atoms with van der Waals surface area (Å²) in [6.07, 6.45) is 0. The number of anilines is 1. The average Bonchev–Trinajstić information content (AvgIpc) is 3.62. The summed E-state index contributed by atoms with van der Waals surface area (Å²) in [4.78, 5) is 28.1. The molecule has 1 aliphatic heterocycles. The van der Waals surface area contributed by atoms with Crippen LogP contribution in [0, 0.1) is 11.6 Å². The van der Waals surface area contributed by atoms with Gasteiger partial charge in [-0.05, 0) is 59.2 Å². The summed E-state index contributed by atoms with van der Waals surface area (Å²) >= 11 is 2.32. The molecule has 0 aliphatic carbocycles. The molecule has 44 heavy (non-hydrogen) atoms. The third kappa shape index (κ3) is 6.10. The van der Waals surface area contributed by atoms with Crippen molar-refractivity contribution < 1.29 is 28.2 Å². The number of halogens is 2. The van der Waals surface area contributed by atoms with Gasteiger partial charge in [-0.2, -0.15) is 0 Å². The van der Waals surface area contributed by atoms with E-state index in [-0.39, 0.29) is 22.1 Å². The molecule has 1 aliphatic rings. The molecular formula is C33H23F2N3O4S2. The molecule has 1 unspecified atom stereocenters. The van der Waals surface area contributed by atoms with Gasteiger partial charge in [-0.3, -0.25) is 14.5 Å². The van der Waals surface area contributed by atoms with E-state index in [0.29, 0.717) is 33.6 Å². The number of hydrogen-bond acceptors (Lipinski definition) is 8. The largest absolute Gasteiger partial charge is 0.507 e. The van der Waals surface area contributed by atoms with Gasteiger partial charge >= 0.3 is 5.91 Å². The number of Topliss-reactive ketones (excluding diaryl/α,β-unsaturated/α-hetero) is 1. The van der Waals surface area contributed by atoms with Crippen molar-refractivity contribution in [1.29, 1.82) is 0 Å². The van der Waals surface area contributed by atoms with E-state index in [1.54, 1.807) is 42.5 Å². The van der Waals surface area contributed by atoms with E-state index < -0.39 is 29.3 Å². The predicted octanol–water partition coefficient (Wildman–Crippen LogP) is 7.31. The van der Waals surface area contributed by atoms with Crippen molar-refractivity contribution in [3.8, 4) is 5.75 Å². The number of rotatable bonds is 9. The van der Waals surface area contributed by atoms with Crippen LogP contribution in [0.2, 0.25) is 0 Å². The highest BCUT2D eigenvalue weighted by molar-refractivity contribution is 8.00. The molecule has 220 valence electrons. The van der Waals surface area contributed by atoms with Crippen LogP contribution in [-0.2, 0) is 21.9 Å². The zero-order valence-electron chi connectivity index (χ0n) is 22.9. The highest BCUT2D eigenvalue weighted by atomic mass is 32.2. The third-order valence-electron chi connectivity index (χ3n) is 6.92. The summed E-state index contributed by atoms with van der Waals surface area (Å²) in [5.41, 5.74) is 1.99. The van der Waals surface area contributed by atoms with Crippen molar-refractivity contribution in [2.75, 3.05) is 4.90 Å². The minimum absolute atomic E-state index is 0.135. The number of amides is 1. The normalized spacial score (nSPS) is 16.0. The maximum Gasteiger partial charge on any atom is 0.301 e. The number of carbonyl (C=O) groups is 2. The molecule has 4 aromatic carbocycles. The number of nitrogens with zero attached hydrogens (tertiary/aromatic N) is 3. The number of thioether (sulfide) groups is 1. The van der Waals surface area contributed by atoms with Gasteiger partial charge in [0.15, 0.2) is 4.34 Å². The Kier molecular flexibility index (Phi) is 8.49. The topological polar surface area (TPSA) is 92.6 Å². The van der Waals surface area contributed by atoms with Crippen molar-refractivity contribution >= 4 is 45.7 Å². The van der Waals surface area contributed by atoms with Crippen molar-refractivity contribution in [1.82, 2.24) is 10.2 Å². The Labute approximate surface area is 259 Å². The summed E-state index contributed by atoms with van der Waals surface area (Å²) in [7, 11) is 0. The molecule has 2 heterocycles. The SMILES string of the molecule is O=C1C(=O)N(c2nnc(SCc3ccccc3F)s2)C(c2ccc(OCc3ccccc3)cc2)/C1=C(/O)c1ccc(F)cc1. The maximum atomic E-state index is 14.1. The van der Waals surface area contributed by atoms with Crippen LogP contribution in [0.4, 0.5) is 13.9 Å². The van der Waals surface area contributed by atoms with E-state index in [4.69, 9.17) is 4.74 Å². The van der Waals surface area contributed by atoms with Gasteiger partial charge in [0.05, 0.1) is 11.6 Å². The molecule has 0 spiro atoms. The molecule has 11 heteroatoms. The van der Waals surface area contributed by atoms with Crippen LogP contribution in [0.15, 0.2) is 113 Å². The minimum atomic E-state index is -1.06. The number of carbonyl (C=O) groups excluding carboxylic acids is 2. The van der Waals surface area contributed by atoms with Gasteiger partial charge in [0, 0.05) is 11.3 Å². The Hall–Kier alpha value is -4.87. The highest BCUT2D eigenvalue weighted by Gasteiger charge is 2.48. The zero-order chi connectivity index (χ0) is 30.6. The second-order valence-electron chi connectivity index (χ2n) is 9.75. The van der Waals surface area contributed by atoms with Gasteiger partial charge in [0.2, 0.25) is 5.13 Å². The van der Waals surface area contributed by atoms with Gasteiger partial charge in [-0.15, -0.1) is 10.2 Å². The second-order valence-corrected chi connectivity index (χ2v) is 11.9. The second kappa shape index (κ2) is 12.8. The fourth-order valence-electron chi connectivity index (χ4n) is 4.71. The van der Waals surface area contributed by atoms with Crippen LogP contribution in [-0.4, -0.2) is 27.0 Å². The molecule has 0 bridgehead atoms. The average molecular weight is 628 g/mol. The number of aliphatic hydroxyl groups is 1. The standard InChI is InChI=1S/C33H23F2N3O4S2/c34-24-14-10-22(11-15-24)29(39)27-28(21-12-16-25(17-13-21)42-18-20-6-2-1-3-7-20)38(31(41)30(27)40)32-36-37-33(44-32)43-19-23-8-4-5-9-26(23)35/h1-17,28,39H,18-19H2/b29-27-. The van der Waals surface area contributed by atoms with E-state index in [1.165, 1.54) is 34.9 Å². The van der Waals surface area contributed by atoms with Crippen molar-refractivity contribution in [3.63, 3.8) is 0 Å². The van der Waals surface area contributed by atoms with Crippen LogP contribution in [0.1, 0.15) is 28.3 Å². The number of ketones is 1. The summed E-state index contributed by atoms with van der Waals surface area (Å²) in [5, 5.41) is 19.7. The lowest BCUT2D eigenvalue weighted by Crippen LogP contribution is -2.29. The Morgan fingerprint density at radius 1 is 0.886 bits per heavy atom. The lowest BCUT2D eigenvalue weighted by atomic mass is 9.95. The summed E-state index contributed by atoms with van der Waals surface area (Å²) in [6.45, 7) is 0.349. The molecule has 1 fully saturated rings. The summed E-state index contributed by atoms with van der Waals surface area (Å²) in [5.74, 6) is -2.26. The Morgan fingerprint density at radius 2 is 1.59 bits per heavy atom. The zero-order valence-corrected chi connectivity index (χ0v) is 24.5. The quantitative estimate of drug-likeness (QED) is 0.0602. The molecule has 5 aromatic rings. The van der Waals surface area contributed by atoms with Gasteiger partial charge in [0.25, 0.3) is 5.78 Å². The first-order valence-corrected chi connectivity index (χ1v) is 15.2. The van der Waals surface area contributed by atoms with E-state index in [0.717, 1.165) is 29.0 Å². The lowest BCUT2D eigenvalue weighted by molar-refractivity contribution is -0.132. The smallest absolute Gasteiger partial charge is 0.301 e. The highest BCUT2D eigenvalue weighted by Crippen LogP contribution is 2.44. The van der Waals surface area contributed by atoms with Crippen LogP contribution in [0.3, 0.4) is 0 Å². The lowest BCUT2D eigenvalue weighted by Gasteiger charge is -2.22. The molecular weight excluding hydrogens is 605 g/mol. The molecule has 0 saturated carbocycles. The number of aromatic nitrogens is 2. The number of benzene rings is 4. The predicted molar refractivity (Wildman–Crippen MR) is 164 cm³/mol. The van der Waals surface area contributed by atoms with Crippen LogP contribution in [0.25, 0.3) is 5.76 Å². The molecule has 1 N–H and O–H groups in total. The van der Waals surface area contributed by atoms with E-state index >= 15 is 0 Å². The van der Waals surface area contributed by atoms with Crippen molar-refractivity contribution in [2.45, 2.75) is 22.7 Å². The Bertz CT molecular complexity index is 1850. The van der Waals surface area contributed by atoms with Gasteiger partial charge in [-0.1, -0.05) is 83.8 Å². The first-order chi connectivity index (χ1) is 21.4. The van der Waals surface area contributed by atoms with Gasteiger partial charge < -0.3 is 9.84 Å². The van der Waals surface area contributed by atoms with Crippen molar-refractivity contribution in [3.05, 3.63) is 143 Å². The summed E-state index contributed by atoms with van der Waals surface area (Å²) in [6, 6.07) is 26.8. The first kappa shape index (κ1) is 29.2. The maximum absolute atomic E-state index is 14.1. The van der Waals surface area contributed by atoms with E-state index in [2.05, 4.69) is 10.2 Å². The van der Waals surface area contributed by atoms with Gasteiger partial charge in [-0.25, -0.2) is 8.78 Å². The number of aliphatic hydroxyl groups excluding tert-OH is 1. The fraction of sp³-hybridized carbons (Fsp3) is 0.0909. The van der Waals surface area contributed by atoms with E-state index in [1.807, 2.05) is 30.3 Å². The summed E-state index contributed by atoms with van der Waals surface area (Å²) < 4.78 is 34.1. The third-order valence-corrected chi connectivity index (χ3v) is 9.02. The molecule has 0 radical (unpaired) electrons. The van der Waals surface area contributed by atoms with Crippen LogP contribution in [0.5, 0.6) is 5.75 Å². The number of ether oxygens (including phenoxy) is 1. The van der Waals surface area contributed by atoms with Crippen molar-refractivity contribution in [2.24, 2.45) is 0 Å². The minimum Gasteiger partial charge on any atom is -0.507 e. The van der Waals surface area contributed by atoms with E-state index in [9.17, 15) is 23.5 Å². The molecule has 1 amide bonds. The molecule has 1 aromatic heterocycles. The monoisotopic (exact) mass is 627 g/mol. The first-order valence-electron chi connectivity index (χ1n) is 13.4. The Balaban J connectivity index is 1.34. The van der Waals surface area contributed by atoms with Crippen LogP contribution < -0.4 is 9.64 Å². The fourth-order valence-corrected chi connectivity index (χ4v) is 6.56. The van der Waals surface area contributed by atoms with Gasteiger partial charge in [0.1, 0.15) is 29.8 Å².